The third kappa shape index (κ3) is 3.65. The Morgan fingerprint density at radius 3 is 2.23 bits per heavy atom. The summed E-state index contributed by atoms with van der Waals surface area (Å²) < 4.78 is 0. The van der Waals surface area contributed by atoms with Crippen LogP contribution in [0.25, 0.3) is 0 Å². The lowest BCUT2D eigenvalue weighted by Gasteiger charge is -2.28. The first kappa shape index (κ1) is 12.2. The van der Waals surface area contributed by atoms with Crippen molar-refractivity contribution in [1.29, 1.82) is 0 Å². The highest BCUT2D eigenvalue weighted by Gasteiger charge is 2.23. The number of thiocarbonyl (C=S) groups is 1. The van der Waals surface area contributed by atoms with Gasteiger partial charge in [0.25, 0.3) is 0 Å². The zero-order valence-electron chi connectivity index (χ0n) is 8.61. The van der Waals surface area contributed by atoms with Gasteiger partial charge in [0.05, 0.1) is 5.54 Å². The molecule has 0 saturated carbocycles. The van der Waals surface area contributed by atoms with Gasteiger partial charge in [-0.15, -0.1) is 6.42 Å². The lowest BCUT2D eigenvalue weighted by atomic mass is 9.94. The van der Waals surface area contributed by atoms with E-state index in [1.54, 1.807) is 0 Å². The van der Waals surface area contributed by atoms with Gasteiger partial charge in [0.1, 0.15) is 0 Å². The van der Waals surface area contributed by atoms with Crippen molar-refractivity contribution in [3.8, 4) is 12.3 Å². The van der Waals surface area contributed by atoms with Gasteiger partial charge < -0.3 is 10.6 Å². The molecule has 0 heterocycles. The average Bonchev–Trinajstić information content (AvgIpc) is 2.15. The van der Waals surface area contributed by atoms with Crippen LogP contribution in [0.15, 0.2) is 0 Å². The van der Waals surface area contributed by atoms with Gasteiger partial charge in [-0.25, -0.2) is 0 Å². The van der Waals surface area contributed by atoms with E-state index >= 15 is 0 Å². The predicted octanol–water partition coefficient (Wildman–Crippen LogP) is 1.66. The summed E-state index contributed by atoms with van der Waals surface area (Å²) in [6, 6.07) is 0. The Labute approximate surface area is 86.5 Å². The molecule has 0 unspecified atom stereocenters. The van der Waals surface area contributed by atoms with Crippen molar-refractivity contribution in [3.05, 3.63) is 0 Å². The van der Waals surface area contributed by atoms with Gasteiger partial charge in [-0.3, -0.25) is 0 Å². The van der Waals surface area contributed by atoms with E-state index in [0.717, 1.165) is 19.4 Å². The van der Waals surface area contributed by atoms with Gasteiger partial charge in [0, 0.05) is 6.54 Å². The molecular formula is C10H18N2S. The van der Waals surface area contributed by atoms with E-state index in [9.17, 15) is 0 Å². The molecule has 0 aromatic carbocycles. The summed E-state index contributed by atoms with van der Waals surface area (Å²) in [5, 5.41) is 6.84. The maximum Gasteiger partial charge on any atom is 0.167 e. The molecule has 0 aliphatic carbocycles. The summed E-state index contributed by atoms with van der Waals surface area (Å²) in [6.45, 7) is 6.94. The second kappa shape index (κ2) is 5.82. The molecule has 74 valence electrons. The lowest BCUT2D eigenvalue weighted by Crippen LogP contribution is -2.50. The molecule has 0 atom stereocenters. The van der Waals surface area contributed by atoms with Crippen molar-refractivity contribution in [2.45, 2.75) is 39.2 Å². The molecule has 0 bridgehead atoms. The molecule has 2 N–H and O–H groups in total. The largest absolute Gasteiger partial charge is 0.363 e. The normalized spacial score (nSPS) is 10.3. The Morgan fingerprint density at radius 2 is 1.92 bits per heavy atom. The first-order valence-electron chi connectivity index (χ1n) is 4.67. The summed E-state index contributed by atoms with van der Waals surface area (Å²) in [7, 11) is 0. The highest BCUT2D eigenvalue weighted by atomic mass is 32.1. The van der Waals surface area contributed by atoms with Crippen LogP contribution in [0.4, 0.5) is 0 Å². The van der Waals surface area contributed by atoms with Gasteiger partial charge in [-0.05, 0) is 32.0 Å². The van der Waals surface area contributed by atoms with E-state index in [4.69, 9.17) is 18.6 Å². The minimum Gasteiger partial charge on any atom is -0.363 e. The maximum absolute atomic E-state index is 5.47. The predicted molar refractivity (Wildman–Crippen MR) is 61.6 cm³/mol. The van der Waals surface area contributed by atoms with Gasteiger partial charge >= 0.3 is 0 Å². The van der Waals surface area contributed by atoms with Crippen LogP contribution < -0.4 is 10.6 Å². The smallest absolute Gasteiger partial charge is 0.167 e. The zero-order valence-corrected chi connectivity index (χ0v) is 9.42. The van der Waals surface area contributed by atoms with Crippen LogP contribution in [0.3, 0.4) is 0 Å². The van der Waals surface area contributed by atoms with Crippen LogP contribution in [0, 0.1) is 12.3 Å². The molecule has 0 aromatic heterocycles. The molecule has 0 aliphatic heterocycles. The number of rotatable bonds is 4. The second-order valence-electron chi connectivity index (χ2n) is 2.92. The Morgan fingerprint density at radius 1 is 1.38 bits per heavy atom. The highest BCUT2D eigenvalue weighted by molar-refractivity contribution is 7.80. The average molecular weight is 198 g/mol. The first-order chi connectivity index (χ1) is 6.14. The van der Waals surface area contributed by atoms with E-state index in [1.807, 2.05) is 6.92 Å². The first-order valence-corrected chi connectivity index (χ1v) is 5.08. The maximum atomic E-state index is 5.47. The molecule has 0 radical (unpaired) electrons. The molecule has 0 saturated heterocycles. The summed E-state index contributed by atoms with van der Waals surface area (Å²) >= 11 is 5.08. The van der Waals surface area contributed by atoms with E-state index in [-0.39, 0.29) is 5.54 Å². The summed E-state index contributed by atoms with van der Waals surface area (Å²) in [5.74, 6) is 2.77. The van der Waals surface area contributed by atoms with Crippen LogP contribution >= 0.6 is 12.2 Å². The van der Waals surface area contributed by atoms with Crippen LogP contribution in [-0.4, -0.2) is 17.2 Å². The Balaban J connectivity index is 4.27. The molecule has 0 fully saturated rings. The molecule has 3 heteroatoms. The van der Waals surface area contributed by atoms with Crippen LogP contribution in [0.2, 0.25) is 0 Å². The minimum atomic E-state index is -0.279. The van der Waals surface area contributed by atoms with Gasteiger partial charge in [0.2, 0.25) is 0 Å². The molecule has 2 nitrogen and oxygen atoms in total. The topological polar surface area (TPSA) is 24.1 Å². The van der Waals surface area contributed by atoms with Crippen molar-refractivity contribution in [1.82, 2.24) is 10.6 Å². The number of terminal acetylenes is 1. The minimum absolute atomic E-state index is 0.279. The SMILES string of the molecule is C#CC(CC)(CC)NC(=S)NCC. The monoisotopic (exact) mass is 198 g/mol. The molecule has 0 aliphatic rings. The van der Waals surface area contributed by atoms with Crippen LogP contribution in [0.5, 0.6) is 0 Å². The zero-order chi connectivity index (χ0) is 10.3. The standard InChI is InChI=1S/C10H18N2S/c1-5-10(6-2,7-3)12-9(13)11-8-4/h1H,6-8H2,2-4H3,(H2,11,12,13). The fraction of sp³-hybridized carbons (Fsp3) is 0.700. The van der Waals surface area contributed by atoms with Crippen LogP contribution in [0.1, 0.15) is 33.6 Å². The molecule has 0 rings (SSSR count). The van der Waals surface area contributed by atoms with E-state index in [0.29, 0.717) is 5.11 Å². The van der Waals surface area contributed by atoms with Crippen LogP contribution in [-0.2, 0) is 0 Å². The third-order valence-electron chi connectivity index (χ3n) is 2.17. The number of hydrogen-bond acceptors (Lipinski definition) is 1. The Hall–Kier alpha value is -0.750. The van der Waals surface area contributed by atoms with E-state index in [2.05, 4.69) is 30.4 Å². The van der Waals surface area contributed by atoms with E-state index in [1.165, 1.54) is 0 Å². The Bertz CT molecular complexity index is 201. The summed E-state index contributed by atoms with van der Waals surface area (Å²) in [5.41, 5.74) is -0.279. The van der Waals surface area contributed by atoms with Crippen molar-refractivity contribution < 1.29 is 0 Å². The molecule has 0 amide bonds. The highest BCUT2D eigenvalue weighted by Crippen LogP contribution is 2.12. The second-order valence-corrected chi connectivity index (χ2v) is 3.33. The lowest BCUT2D eigenvalue weighted by molar-refractivity contribution is 0.456. The Kier molecular flexibility index (Phi) is 5.48. The fourth-order valence-corrected chi connectivity index (χ4v) is 1.43. The molecule has 0 aromatic rings. The van der Waals surface area contributed by atoms with E-state index < -0.39 is 0 Å². The quantitative estimate of drug-likeness (QED) is 0.531. The fourth-order valence-electron chi connectivity index (χ4n) is 1.09. The molecular weight excluding hydrogens is 180 g/mol. The van der Waals surface area contributed by atoms with Gasteiger partial charge in [0.15, 0.2) is 5.11 Å². The van der Waals surface area contributed by atoms with Gasteiger partial charge in [-0.2, -0.15) is 0 Å². The number of nitrogens with one attached hydrogen (secondary N) is 2. The number of hydrogen-bond donors (Lipinski definition) is 2. The molecule has 0 spiro atoms. The van der Waals surface area contributed by atoms with Crippen molar-refractivity contribution in [2.75, 3.05) is 6.54 Å². The summed E-state index contributed by atoms with van der Waals surface area (Å²) in [6.07, 6.45) is 7.23. The van der Waals surface area contributed by atoms with Gasteiger partial charge in [-0.1, -0.05) is 19.8 Å². The molecule has 13 heavy (non-hydrogen) atoms. The third-order valence-corrected chi connectivity index (χ3v) is 2.42. The van der Waals surface area contributed by atoms with Crippen molar-refractivity contribution >= 4 is 17.3 Å². The summed E-state index contributed by atoms with van der Waals surface area (Å²) in [4.78, 5) is 0. The van der Waals surface area contributed by atoms with Crippen molar-refractivity contribution in [2.24, 2.45) is 0 Å². The van der Waals surface area contributed by atoms with Crippen molar-refractivity contribution in [3.63, 3.8) is 0 Å².